The molecule has 5 atom stereocenters. The zero-order valence-electron chi connectivity index (χ0n) is 10.5. The van der Waals surface area contributed by atoms with Crippen molar-refractivity contribution in [3.05, 3.63) is 12.2 Å². The van der Waals surface area contributed by atoms with Crippen LogP contribution in [0.3, 0.4) is 0 Å². The number of hydrogen-bond acceptors (Lipinski definition) is 2. The Hall–Kier alpha value is -0.830. The van der Waals surface area contributed by atoms with Gasteiger partial charge in [-0.25, -0.2) is 0 Å². The first kappa shape index (κ1) is 11.3. The highest BCUT2D eigenvalue weighted by molar-refractivity contribution is 5.80. The minimum atomic E-state index is 0.270. The zero-order chi connectivity index (χ0) is 12.0. The fourth-order valence-corrected chi connectivity index (χ4v) is 3.66. The van der Waals surface area contributed by atoms with E-state index >= 15 is 0 Å². The fraction of sp³-hybridized carbons (Fsp3) is 0.786. The third kappa shape index (κ3) is 1.90. The first-order valence-corrected chi connectivity index (χ1v) is 6.88. The Bertz CT molecular complexity index is 352. The number of nitrogens with two attached hydrogens (primary N) is 1. The fourth-order valence-electron chi connectivity index (χ4n) is 3.66. The van der Waals surface area contributed by atoms with Gasteiger partial charge in [0.25, 0.3) is 0 Å². The molecule has 2 fully saturated rings. The van der Waals surface area contributed by atoms with E-state index in [1.54, 1.807) is 0 Å². The number of carbonyl (C=O) groups excluding carboxylic acids is 1. The Morgan fingerprint density at radius 1 is 1.35 bits per heavy atom. The molecule has 3 aliphatic rings. The number of likely N-dealkylation sites (tertiary alicyclic amines) is 1. The largest absolute Gasteiger partial charge is 0.342 e. The SMILES string of the molecule is CC1CN(C(=O)C2CC3C=CC2C3)CCC1N. The summed E-state index contributed by atoms with van der Waals surface area (Å²) in [6.07, 6.45) is 7.80. The van der Waals surface area contributed by atoms with Crippen molar-refractivity contribution in [2.75, 3.05) is 13.1 Å². The summed E-state index contributed by atoms with van der Waals surface area (Å²) in [5.74, 6) is 2.31. The van der Waals surface area contributed by atoms with Crippen molar-refractivity contribution >= 4 is 5.91 Å². The number of piperidine rings is 1. The Kier molecular flexibility index (Phi) is 2.74. The predicted octanol–water partition coefficient (Wildman–Crippen LogP) is 1.39. The van der Waals surface area contributed by atoms with Crippen molar-refractivity contribution < 1.29 is 4.79 Å². The van der Waals surface area contributed by atoms with Crippen molar-refractivity contribution in [3.8, 4) is 0 Å². The van der Waals surface area contributed by atoms with Gasteiger partial charge in [-0.3, -0.25) is 4.79 Å². The number of rotatable bonds is 1. The molecule has 3 heteroatoms. The van der Waals surface area contributed by atoms with Crippen LogP contribution >= 0.6 is 0 Å². The molecule has 1 aliphatic heterocycles. The maximum atomic E-state index is 12.5. The summed E-state index contributed by atoms with van der Waals surface area (Å²) in [4.78, 5) is 14.6. The third-order valence-electron chi connectivity index (χ3n) is 4.88. The monoisotopic (exact) mass is 234 g/mol. The van der Waals surface area contributed by atoms with Gasteiger partial charge < -0.3 is 10.6 Å². The Morgan fingerprint density at radius 2 is 2.18 bits per heavy atom. The first-order chi connectivity index (χ1) is 8.15. The van der Waals surface area contributed by atoms with Crippen molar-refractivity contribution in [3.63, 3.8) is 0 Å². The summed E-state index contributed by atoms with van der Waals surface area (Å²) in [6, 6.07) is 0.277. The molecule has 3 nitrogen and oxygen atoms in total. The van der Waals surface area contributed by atoms with Crippen LogP contribution in [0.2, 0.25) is 0 Å². The lowest BCUT2D eigenvalue weighted by molar-refractivity contribution is -0.138. The van der Waals surface area contributed by atoms with Crippen LogP contribution in [0.25, 0.3) is 0 Å². The summed E-state index contributed by atoms with van der Waals surface area (Å²) in [6.45, 7) is 3.88. The highest BCUT2D eigenvalue weighted by Gasteiger charge is 2.42. The smallest absolute Gasteiger partial charge is 0.226 e. The van der Waals surface area contributed by atoms with Crippen molar-refractivity contribution in [2.24, 2.45) is 29.4 Å². The van der Waals surface area contributed by atoms with Crippen LogP contribution < -0.4 is 5.73 Å². The van der Waals surface area contributed by atoms with E-state index in [4.69, 9.17) is 5.73 Å². The lowest BCUT2D eigenvalue weighted by Gasteiger charge is -2.37. The summed E-state index contributed by atoms with van der Waals surface area (Å²) < 4.78 is 0. The van der Waals surface area contributed by atoms with Crippen LogP contribution in [0, 0.1) is 23.7 Å². The summed E-state index contributed by atoms with van der Waals surface area (Å²) in [5.41, 5.74) is 6.01. The van der Waals surface area contributed by atoms with Crippen LogP contribution in [-0.2, 0) is 4.79 Å². The molecule has 0 aromatic heterocycles. The molecule has 2 aliphatic carbocycles. The van der Waals surface area contributed by atoms with Crippen LogP contribution in [0.1, 0.15) is 26.2 Å². The number of allylic oxidation sites excluding steroid dienone is 2. The van der Waals surface area contributed by atoms with Gasteiger partial charge in [0.05, 0.1) is 0 Å². The van der Waals surface area contributed by atoms with Crippen molar-refractivity contribution in [2.45, 2.75) is 32.2 Å². The van der Waals surface area contributed by atoms with E-state index in [2.05, 4.69) is 24.0 Å². The van der Waals surface area contributed by atoms with E-state index in [1.807, 2.05) is 0 Å². The highest BCUT2D eigenvalue weighted by Crippen LogP contribution is 2.44. The van der Waals surface area contributed by atoms with Crippen LogP contribution in [0.15, 0.2) is 12.2 Å². The lowest BCUT2D eigenvalue weighted by Crippen LogP contribution is -2.50. The van der Waals surface area contributed by atoms with E-state index in [0.29, 0.717) is 23.7 Å². The highest BCUT2D eigenvalue weighted by atomic mass is 16.2. The van der Waals surface area contributed by atoms with Gasteiger partial charge in [0.2, 0.25) is 5.91 Å². The van der Waals surface area contributed by atoms with Crippen LogP contribution in [0.5, 0.6) is 0 Å². The maximum Gasteiger partial charge on any atom is 0.226 e. The lowest BCUT2D eigenvalue weighted by atomic mass is 9.89. The molecule has 0 aromatic carbocycles. The second kappa shape index (κ2) is 4.13. The van der Waals surface area contributed by atoms with E-state index in [0.717, 1.165) is 25.9 Å². The average Bonchev–Trinajstić information content (AvgIpc) is 2.93. The van der Waals surface area contributed by atoms with E-state index < -0.39 is 0 Å². The minimum Gasteiger partial charge on any atom is -0.342 e. The predicted molar refractivity (Wildman–Crippen MR) is 67.2 cm³/mol. The molecule has 94 valence electrons. The first-order valence-electron chi connectivity index (χ1n) is 6.88. The Balaban J connectivity index is 1.65. The molecule has 0 radical (unpaired) electrons. The third-order valence-corrected chi connectivity index (χ3v) is 4.88. The quantitative estimate of drug-likeness (QED) is 0.697. The molecule has 3 rings (SSSR count). The standard InChI is InChI=1S/C14H22N2O/c1-9-8-16(5-4-13(9)15)14(17)12-7-10-2-3-11(12)6-10/h2-3,9-13H,4-8,15H2,1H3. The van der Waals surface area contributed by atoms with Crippen LogP contribution in [0.4, 0.5) is 0 Å². The van der Waals surface area contributed by atoms with E-state index in [9.17, 15) is 4.79 Å². The van der Waals surface area contributed by atoms with Gasteiger partial charge in [-0.15, -0.1) is 0 Å². The maximum absolute atomic E-state index is 12.5. The van der Waals surface area contributed by atoms with Gasteiger partial charge in [0.1, 0.15) is 0 Å². The zero-order valence-corrected chi connectivity index (χ0v) is 10.5. The molecule has 17 heavy (non-hydrogen) atoms. The van der Waals surface area contributed by atoms with Gasteiger partial charge in [-0.1, -0.05) is 19.1 Å². The number of nitrogens with zero attached hydrogens (tertiary/aromatic N) is 1. The topological polar surface area (TPSA) is 46.3 Å². The summed E-state index contributed by atoms with van der Waals surface area (Å²) >= 11 is 0. The molecule has 2 bridgehead atoms. The number of carbonyl (C=O) groups is 1. The Labute approximate surface area is 103 Å². The molecule has 5 unspecified atom stereocenters. The van der Waals surface area contributed by atoms with Crippen molar-refractivity contribution in [1.82, 2.24) is 4.90 Å². The normalized spacial score (nSPS) is 44.4. The second-order valence-corrected chi connectivity index (χ2v) is 6.10. The second-order valence-electron chi connectivity index (χ2n) is 6.10. The average molecular weight is 234 g/mol. The summed E-state index contributed by atoms with van der Waals surface area (Å²) in [5, 5.41) is 0. The van der Waals surface area contributed by atoms with E-state index in [-0.39, 0.29) is 12.0 Å². The van der Waals surface area contributed by atoms with Crippen molar-refractivity contribution in [1.29, 1.82) is 0 Å². The minimum absolute atomic E-state index is 0.270. The van der Waals surface area contributed by atoms with E-state index in [1.165, 1.54) is 6.42 Å². The van der Waals surface area contributed by atoms with Crippen LogP contribution in [-0.4, -0.2) is 29.9 Å². The summed E-state index contributed by atoms with van der Waals surface area (Å²) in [7, 11) is 0. The molecule has 1 amide bonds. The molecule has 1 saturated carbocycles. The molecular formula is C14H22N2O. The van der Waals surface area contributed by atoms with Gasteiger partial charge >= 0.3 is 0 Å². The molecule has 0 spiro atoms. The Morgan fingerprint density at radius 3 is 2.76 bits per heavy atom. The molecule has 2 N–H and O–H groups in total. The molecular weight excluding hydrogens is 212 g/mol. The van der Waals surface area contributed by atoms with Gasteiger partial charge in [0, 0.05) is 25.0 Å². The molecule has 1 heterocycles. The van der Waals surface area contributed by atoms with Gasteiger partial charge in [-0.05, 0) is 37.0 Å². The molecule has 0 aromatic rings. The van der Waals surface area contributed by atoms with Gasteiger partial charge in [-0.2, -0.15) is 0 Å². The number of fused-ring (bicyclic) bond motifs is 2. The van der Waals surface area contributed by atoms with Gasteiger partial charge in [0.15, 0.2) is 0 Å². The number of amides is 1. The molecule has 1 saturated heterocycles. The number of hydrogen-bond donors (Lipinski definition) is 1.